The van der Waals surface area contributed by atoms with Crippen LogP contribution >= 0.6 is 24.0 Å². The van der Waals surface area contributed by atoms with E-state index in [1.807, 2.05) is 18.9 Å². The molecule has 0 saturated heterocycles. The van der Waals surface area contributed by atoms with E-state index in [1.54, 1.807) is 37.3 Å². The van der Waals surface area contributed by atoms with Crippen molar-refractivity contribution >= 4 is 29.9 Å². The molecule has 2 rings (SSSR count). The number of nitrogens with one attached hydrogen (secondary N) is 1. The van der Waals surface area contributed by atoms with Gasteiger partial charge in [-0.15, -0.1) is 24.0 Å². The first kappa shape index (κ1) is 23.2. The molecule has 0 radical (unpaired) electrons. The average molecular weight is 491 g/mol. The molecule has 0 fully saturated rings. The molecule has 0 spiro atoms. The molecule has 0 saturated carbocycles. The maximum absolute atomic E-state index is 13.6. The summed E-state index contributed by atoms with van der Waals surface area (Å²) in [7, 11) is 1.85. The summed E-state index contributed by atoms with van der Waals surface area (Å²) >= 11 is 0. The lowest BCUT2D eigenvalue weighted by Crippen LogP contribution is -2.42. The Hall–Kier alpha value is -1.81. The monoisotopic (exact) mass is 491 g/mol. The van der Waals surface area contributed by atoms with E-state index in [9.17, 15) is 9.50 Å². The Bertz CT molecular complexity index is 708. The second kappa shape index (κ2) is 11.1. The molecule has 1 unspecified atom stereocenters. The van der Waals surface area contributed by atoms with Crippen molar-refractivity contribution in [2.24, 2.45) is 4.99 Å². The Morgan fingerprint density at radius 1 is 1.33 bits per heavy atom. The van der Waals surface area contributed by atoms with Gasteiger partial charge in [-0.1, -0.05) is 12.1 Å². The van der Waals surface area contributed by atoms with Gasteiger partial charge in [0.25, 0.3) is 0 Å². The van der Waals surface area contributed by atoms with Gasteiger partial charge < -0.3 is 24.5 Å². The summed E-state index contributed by atoms with van der Waals surface area (Å²) in [4.78, 5) is 6.34. The number of hydrogen-bond acceptors (Lipinski definition) is 4. The molecule has 1 atom stereocenters. The number of halogens is 2. The number of ether oxygens (including phenoxy) is 1. The minimum atomic E-state index is -1.20. The van der Waals surface area contributed by atoms with Crippen LogP contribution in [-0.2, 0) is 5.60 Å². The number of guanidine groups is 1. The van der Waals surface area contributed by atoms with Crippen LogP contribution in [0.2, 0.25) is 0 Å². The highest BCUT2D eigenvalue weighted by molar-refractivity contribution is 14.0. The van der Waals surface area contributed by atoms with E-state index in [0.717, 1.165) is 0 Å². The fraction of sp³-hybridized carbons (Fsp3) is 0.421. The van der Waals surface area contributed by atoms with Gasteiger partial charge in [0, 0.05) is 13.6 Å². The van der Waals surface area contributed by atoms with E-state index in [2.05, 4.69) is 10.3 Å². The van der Waals surface area contributed by atoms with Crippen LogP contribution in [0, 0.1) is 5.82 Å². The minimum absolute atomic E-state index is 0. The quantitative estimate of drug-likeness (QED) is 0.337. The predicted octanol–water partition coefficient (Wildman–Crippen LogP) is 3.22. The number of hydrogen-bond donors (Lipinski definition) is 2. The van der Waals surface area contributed by atoms with Crippen LogP contribution in [0.4, 0.5) is 4.39 Å². The molecule has 0 amide bonds. The highest BCUT2D eigenvalue weighted by Crippen LogP contribution is 2.21. The lowest BCUT2D eigenvalue weighted by atomic mass is 10.0. The normalized spacial score (nSPS) is 13.4. The summed E-state index contributed by atoms with van der Waals surface area (Å²) < 4.78 is 24.3. The van der Waals surface area contributed by atoms with Crippen LogP contribution in [0.15, 0.2) is 52.1 Å². The number of benzene rings is 1. The predicted molar refractivity (Wildman–Crippen MR) is 114 cm³/mol. The fourth-order valence-corrected chi connectivity index (χ4v) is 2.32. The fourth-order valence-electron chi connectivity index (χ4n) is 2.32. The third-order valence-corrected chi connectivity index (χ3v) is 3.81. The topological polar surface area (TPSA) is 70.2 Å². The first-order valence-corrected chi connectivity index (χ1v) is 8.57. The molecule has 6 nitrogen and oxygen atoms in total. The Morgan fingerprint density at radius 3 is 2.70 bits per heavy atom. The van der Waals surface area contributed by atoms with Crippen molar-refractivity contribution in [1.82, 2.24) is 10.2 Å². The van der Waals surface area contributed by atoms with Crippen molar-refractivity contribution < 1.29 is 18.7 Å². The van der Waals surface area contributed by atoms with Crippen LogP contribution in [-0.4, -0.2) is 49.3 Å². The molecule has 0 bridgehead atoms. The Morgan fingerprint density at radius 2 is 2.07 bits per heavy atom. The number of furan rings is 1. The van der Waals surface area contributed by atoms with E-state index >= 15 is 0 Å². The molecule has 27 heavy (non-hydrogen) atoms. The molecular formula is C19H27FIN3O3. The Balaban J connectivity index is 0.00000364. The molecule has 2 N–H and O–H groups in total. The van der Waals surface area contributed by atoms with Crippen molar-refractivity contribution in [3.63, 3.8) is 0 Å². The number of para-hydroxylation sites is 1. The molecule has 8 heteroatoms. The van der Waals surface area contributed by atoms with Crippen LogP contribution in [0.1, 0.15) is 19.6 Å². The van der Waals surface area contributed by atoms with Crippen molar-refractivity contribution in [2.75, 3.05) is 33.3 Å². The van der Waals surface area contributed by atoms with Crippen molar-refractivity contribution in [3.8, 4) is 5.75 Å². The van der Waals surface area contributed by atoms with Crippen LogP contribution in [0.3, 0.4) is 0 Å². The second-order valence-corrected chi connectivity index (χ2v) is 6.12. The van der Waals surface area contributed by atoms with Crippen LogP contribution in [0.25, 0.3) is 0 Å². The van der Waals surface area contributed by atoms with Gasteiger partial charge in [0.1, 0.15) is 18.0 Å². The van der Waals surface area contributed by atoms with Crippen LogP contribution in [0.5, 0.6) is 5.75 Å². The molecular weight excluding hydrogens is 464 g/mol. The van der Waals surface area contributed by atoms with Crippen molar-refractivity contribution in [2.45, 2.75) is 19.4 Å². The summed E-state index contributed by atoms with van der Waals surface area (Å²) in [6.45, 7) is 5.24. The third-order valence-electron chi connectivity index (χ3n) is 3.81. The molecule has 150 valence electrons. The first-order valence-electron chi connectivity index (χ1n) is 8.57. The number of nitrogens with zero attached hydrogens (tertiary/aromatic N) is 2. The Labute approximate surface area is 176 Å². The zero-order valence-electron chi connectivity index (χ0n) is 15.8. The summed E-state index contributed by atoms with van der Waals surface area (Å²) in [6.07, 6.45) is 1.52. The van der Waals surface area contributed by atoms with Gasteiger partial charge in [0.2, 0.25) is 0 Å². The SMILES string of the molecule is CCNC(=NCC(C)(O)c1ccco1)N(C)CCOc1ccccc1F.I. The van der Waals surface area contributed by atoms with Crippen LogP contribution < -0.4 is 10.1 Å². The third kappa shape index (κ3) is 7.02. The van der Waals surface area contributed by atoms with E-state index in [0.29, 0.717) is 31.4 Å². The van der Waals surface area contributed by atoms with Gasteiger partial charge in [-0.2, -0.15) is 0 Å². The maximum atomic E-state index is 13.6. The molecule has 1 aromatic heterocycles. The zero-order chi connectivity index (χ0) is 19.0. The van der Waals surface area contributed by atoms with E-state index in [1.165, 1.54) is 12.3 Å². The van der Waals surface area contributed by atoms with Gasteiger partial charge in [-0.05, 0) is 38.1 Å². The molecule has 0 aliphatic rings. The van der Waals surface area contributed by atoms with Gasteiger partial charge in [0.05, 0.1) is 19.4 Å². The standard InChI is InChI=1S/C19H26FN3O3.HI/c1-4-21-18(22-14-19(2,24)17-10-7-12-26-17)23(3)11-13-25-16-9-6-5-8-15(16)20;/h5-10,12,24H,4,11,13-14H2,1-3H3,(H,21,22);1H. The maximum Gasteiger partial charge on any atom is 0.193 e. The minimum Gasteiger partial charge on any atom is -0.489 e. The molecule has 1 heterocycles. The zero-order valence-corrected chi connectivity index (χ0v) is 18.1. The van der Waals surface area contributed by atoms with E-state index in [-0.39, 0.29) is 42.1 Å². The first-order chi connectivity index (χ1) is 12.4. The van der Waals surface area contributed by atoms with Gasteiger partial charge in [0.15, 0.2) is 17.5 Å². The average Bonchev–Trinajstić information content (AvgIpc) is 3.16. The number of likely N-dealkylation sites (N-methyl/N-ethyl adjacent to an activating group) is 1. The molecule has 1 aromatic carbocycles. The molecule has 0 aliphatic carbocycles. The summed E-state index contributed by atoms with van der Waals surface area (Å²) in [5.74, 6) is 0.924. The highest BCUT2D eigenvalue weighted by atomic mass is 127. The van der Waals surface area contributed by atoms with Crippen molar-refractivity contribution in [1.29, 1.82) is 0 Å². The smallest absolute Gasteiger partial charge is 0.193 e. The van der Waals surface area contributed by atoms with Gasteiger partial charge in [-0.25, -0.2) is 9.38 Å². The summed E-state index contributed by atoms with van der Waals surface area (Å²) in [6, 6.07) is 9.75. The summed E-state index contributed by atoms with van der Waals surface area (Å²) in [5, 5.41) is 13.7. The van der Waals surface area contributed by atoms with E-state index < -0.39 is 5.60 Å². The molecule has 0 aliphatic heterocycles. The summed E-state index contributed by atoms with van der Waals surface area (Å²) in [5.41, 5.74) is -1.20. The highest BCUT2D eigenvalue weighted by Gasteiger charge is 2.26. The molecule has 2 aromatic rings. The lowest BCUT2D eigenvalue weighted by molar-refractivity contribution is 0.0435. The number of rotatable bonds is 8. The van der Waals surface area contributed by atoms with E-state index in [4.69, 9.17) is 9.15 Å². The second-order valence-electron chi connectivity index (χ2n) is 6.12. The largest absolute Gasteiger partial charge is 0.489 e. The van der Waals surface area contributed by atoms with Gasteiger partial charge >= 0.3 is 0 Å². The Kier molecular flexibility index (Phi) is 9.57. The van der Waals surface area contributed by atoms with Crippen molar-refractivity contribution in [3.05, 3.63) is 54.2 Å². The lowest BCUT2D eigenvalue weighted by Gasteiger charge is -2.24. The number of aliphatic imine (C=N–C) groups is 1. The number of aliphatic hydroxyl groups is 1. The van der Waals surface area contributed by atoms with Gasteiger partial charge in [-0.3, -0.25) is 0 Å².